The third-order valence-electron chi connectivity index (χ3n) is 3.90. The van der Waals surface area contributed by atoms with Gasteiger partial charge in [0, 0.05) is 34.1 Å². The number of hydrogen-bond acceptors (Lipinski definition) is 1. The minimum Gasteiger partial charge on any atom is -1.00 e. The maximum atomic E-state index is 4.68. The summed E-state index contributed by atoms with van der Waals surface area (Å²) in [6.45, 7) is 3.91. The van der Waals surface area contributed by atoms with E-state index >= 15 is 0 Å². The van der Waals surface area contributed by atoms with Crippen molar-refractivity contribution in [3.05, 3.63) is 51.8 Å². The molecule has 0 amide bonds. The van der Waals surface area contributed by atoms with Gasteiger partial charge >= 0.3 is 5.70 Å². The molecule has 4 rings (SSSR count). The second-order valence-corrected chi connectivity index (χ2v) is 5.98. The molecule has 0 fully saturated rings. The Morgan fingerprint density at radius 3 is 2.57 bits per heavy atom. The number of aryl methyl sites for hydroxylation is 1. The summed E-state index contributed by atoms with van der Waals surface area (Å²) in [4.78, 5) is 0. The van der Waals surface area contributed by atoms with Crippen LogP contribution in [0.3, 0.4) is 0 Å². The zero-order chi connectivity index (χ0) is 13.0. The Bertz CT molecular complexity index is 712. The van der Waals surface area contributed by atoms with Crippen LogP contribution >= 0.6 is 15.9 Å². The van der Waals surface area contributed by atoms with Gasteiger partial charge in [0.2, 0.25) is 10.3 Å². The molecule has 0 aliphatic carbocycles. The van der Waals surface area contributed by atoms with Crippen molar-refractivity contribution in [2.45, 2.75) is 13.3 Å². The van der Waals surface area contributed by atoms with E-state index in [1.807, 2.05) is 0 Å². The molecule has 1 aromatic rings. The van der Waals surface area contributed by atoms with E-state index in [0.29, 0.717) is 0 Å². The van der Waals surface area contributed by atoms with E-state index < -0.39 is 0 Å². The highest BCUT2D eigenvalue weighted by atomic mass is 79.9. The van der Waals surface area contributed by atoms with Crippen LogP contribution in [0.4, 0.5) is 5.69 Å². The fourth-order valence-electron chi connectivity index (χ4n) is 2.92. The standard InChI is InChI=1S/C15H14BrN3.2BrH/c1-10-2-4-12(5-3-10)19-15-11(8-17-19)9-18-13(15)6-7-14(18)16;;/h2-5,7H,6,8-9H2,1H3;2*1H/q+2;;/p-2. The molecule has 0 saturated carbocycles. The molecule has 3 aliphatic heterocycles. The van der Waals surface area contributed by atoms with Gasteiger partial charge in [-0.15, -0.1) is 0 Å². The molecular weight excluding hydrogens is 462 g/mol. The number of benzene rings is 1. The van der Waals surface area contributed by atoms with E-state index in [2.05, 4.69) is 67.6 Å². The molecule has 0 saturated heterocycles. The van der Waals surface area contributed by atoms with Crippen LogP contribution < -0.4 is 34.0 Å². The molecule has 0 spiro atoms. The molecule has 0 atom stereocenters. The number of halogens is 3. The fraction of sp³-hybridized carbons (Fsp3) is 0.267. The Kier molecular flexibility index (Phi) is 5.00. The monoisotopic (exact) mass is 473 g/mol. The molecule has 6 heteroatoms. The van der Waals surface area contributed by atoms with Crippen LogP contribution in [0.5, 0.6) is 0 Å². The summed E-state index contributed by atoms with van der Waals surface area (Å²) in [7, 11) is 0. The molecule has 1 aromatic carbocycles. The Balaban J connectivity index is 0.000000807. The second kappa shape index (κ2) is 6.26. The normalized spacial score (nSPS) is 18.8. The molecule has 3 heterocycles. The van der Waals surface area contributed by atoms with E-state index in [9.17, 15) is 0 Å². The van der Waals surface area contributed by atoms with E-state index in [1.165, 1.54) is 27.2 Å². The van der Waals surface area contributed by atoms with Crippen LogP contribution in [0.2, 0.25) is 0 Å². The summed E-state index contributed by atoms with van der Waals surface area (Å²) < 4.78 is 5.66. The Labute approximate surface area is 153 Å². The highest BCUT2D eigenvalue weighted by Gasteiger charge is 2.48. The van der Waals surface area contributed by atoms with E-state index in [4.69, 9.17) is 0 Å². The van der Waals surface area contributed by atoms with Crippen LogP contribution in [-0.4, -0.2) is 28.1 Å². The van der Waals surface area contributed by atoms with Gasteiger partial charge in [-0.3, -0.25) is 0 Å². The largest absolute Gasteiger partial charge is 1.00 e. The average Bonchev–Trinajstić information content (AvgIpc) is 3.04. The van der Waals surface area contributed by atoms with Gasteiger partial charge < -0.3 is 34.0 Å². The first-order valence-electron chi connectivity index (χ1n) is 6.49. The second-order valence-electron chi connectivity index (χ2n) is 5.16. The SMILES string of the molecule is Cc1ccc([N+]2=NCC3=C2C2=[N+](C3)C(Br)=CC2)cc1.[Br-].[Br-]. The fourth-order valence-corrected chi connectivity index (χ4v) is 3.42. The first kappa shape index (κ1) is 16.8. The number of fused-ring (bicyclic) bond motifs is 1. The summed E-state index contributed by atoms with van der Waals surface area (Å²) in [5, 5.41) is 4.68. The van der Waals surface area contributed by atoms with Crippen molar-refractivity contribution in [2.24, 2.45) is 5.11 Å². The maximum Gasteiger partial charge on any atom is 0.312 e. The molecule has 3 nitrogen and oxygen atoms in total. The van der Waals surface area contributed by atoms with Gasteiger partial charge in [-0.25, -0.2) is 0 Å². The van der Waals surface area contributed by atoms with Crippen LogP contribution in [0, 0.1) is 6.92 Å². The zero-order valence-electron chi connectivity index (χ0n) is 11.5. The van der Waals surface area contributed by atoms with E-state index in [1.54, 1.807) is 0 Å². The lowest BCUT2D eigenvalue weighted by molar-refractivity contribution is -0.467. The van der Waals surface area contributed by atoms with Gasteiger partial charge in [-0.1, -0.05) is 17.7 Å². The summed E-state index contributed by atoms with van der Waals surface area (Å²) in [6.07, 6.45) is 3.22. The average molecular weight is 476 g/mol. The highest BCUT2D eigenvalue weighted by Crippen LogP contribution is 2.35. The van der Waals surface area contributed by atoms with Gasteiger partial charge in [0.15, 0.2) is 6.54 Å². The lowest BCUT2D eigenvalue weighted by Crippen LogP contribution is -3.00. The highest BCUT2D eigenvalue weighted by molar-refractivity contribution is 9.11. The van der Waals surface area contributed by atoms with Crippen LogP contribution in [-0.2, 0) is 0 Å². The smallest absolute Gasteiger partial charge is 0.312 e. The van der Waals surface area contributed by atoms with Crippen molar-refractivity contribution < 1.29 is 43.2 Å². The lowest BCUT2D eigenvalue weighted by atomic mass is 10.1. The van der Waals surface area contributed by atoms with Gasteiger partial charge in [0.1, 0.15) is 12.1 Å². The van der Waals surface area contributed by atoms with Crippen molar-refractivity contribution in [3.8, 4) is 0 Å². The van der Waals surface area contributed by atoms with E-state index in [-0.39, 0.29) is 34.0 Å². The molecule has 0 aromatic heterocycles. The molecule has 3 aliphatic rings. The topological polar surface area (TPSA) is 18.4 Å². The zero-order valence-corrected chi connectivity index (χ0v) is 16.2. The molecule has 110 valence electrons. The van der Waals surface area contributed by atoms with Crippen molar-refractivity contribution >= 4 is 27.3 Å². The summed E-state index contributed by atoms with van der Waals surface area (Å²) >= 11 is 3.63. The number of rotatable bonds is 1. The third kappa shape index (κ3) is 2.62. The van der Waals surface area contributed by atoms with Crippen molar-refractivity contribution in [1.29, 1.82) is 0 Å². The van der Waals surface area contributed by atoms with Gasteiger partial charge in [0.05, 0.1) is 6.42 Å². The predicted molar refractivity (Wildman–Crippen MR) is 77.2 cm³/mol. The minimum absolute atomic E-state index is 0. The van der Waals surface area contributed by atoms with Crippen molar-refractivity contribution in [2.75, 3.05) is 13.1 Å². The van der Waals surface area contributed by atoms with E-state index in [0.717, 1.165) is 25.2 Å². The Morgan fingerprint density at radius 1 is 1.14 bits per heavy atom. The molecular formula is C15H14Br3N3. The van der Waals surface area contributed by atoms with Gasteiger partial charge in [0.25, 0.3) is 5.71 Å². The van der Waals surface area contributed by atoms with Crippen LogP contribution in [0.25, 0.3) is 0 Å². The number of allylic oxidation sites excluding steroid dienone is 2. The molecule has 0 radical (unpaired) electrons. The minimum atomic E-state index is 0. The first-order chi connectivity index (χ1) is 9.24. The van der Waals surface area contributed by atoms with Crippen LogP contribution in [0.1, 0.15) is 12.0 Å². The third-order valence-corrected chi connectivity index (χ3v) is 4.65. The lowest BCUT2D eigenvalue weighted by Gasteiger charge is -1.97. The molecule has 0 N–H and O–H groups in total. The summed E-state index contributed by atoms with van der Waals surface area (Å²) in [6, 6.07) is 8.58. The quantitative estimate of drug-likeness (QED) is 0.315. The van der Waals surface area contributed by atoms with Crippen LogP contribution in [0.15, 0.2) is 51.3 Å². The molecule has 0 unspecified atom stereocenters. The number of azo groups is 2. The maximum absolute atomic E-state index is 4.68. The van der Waals surface area contributed by atoms with Gasteiger partial charge in [-0.2, -0.15) is 4.58 Å². The number of hydrogen-bond donors (Lipinski definition) is 0. The Morgan fingerprint density at radius 2 is 1.86 bits per heavy atom. The van der Waals surface area contributed by atoms with Gasteiger partial charge in [-0.05, 0) is 16.7 Å². The summed E-state index contributed by atoms with van der Waals surface area (Å²) in [5.41, 5.74) is 6.56. The molecule has 21 heavy (non-hydrogen) atoms. The van der Waals surface area contributed by atoms with Crippen molar-refractivity contribution in [3.63, 3.8) is 0 Å². The predicted octanol–water partition coefficient (Wildman–Crippen LogP) is -2.53. The number of nitrogens with zero attached hydrogens (tertiary/aromatic N) is 3. The van der Waals surface area contributed by atoms with Crippen molar-refractivity contribution in [1.82, 2.24) is 0 Å². The first-order valence-corrected chi connectivity index (χ1v) is 7.29. The summed E-state index contributed by atoms with van der Waals surface area (Å²) in [5.74, 6) is 0. The molecule has 0 bridgehead atoms. The Hall–Kier alpha value is -0.590.